The van der Waals surface area contributed by atoms with Crippen LogP contribution in [0.15, 0.2) is 30.3 Å². The van der Waals surface area contributed by atoms with Gasteiger partial charge in [-0.05, 0) is 13.0 Å². The topological polar surface area (TPSA) is 28.7 Å². The van der Waals surface area contributed by atoms with E-state index in [1.807, 2.05) is 31.2 Å². The Balaban J connectivity index is 1.88. The summed E-state index contributed by atoms with van der Waals surface area (Å²) >= 11 is 0. The van der Waals surface area contributed by atoms with E-state index in [-0.39, 0.29) is 6.42 Å². The summed E-state index contributed by atoms with van der Waals surface area (Å²) in [5.74, 6) is -3.22. The molecule has 0 radical (unpaired) electrons. The van der Waals surface area contributed by atoms with Gasteiger partial charge in [0.2, 0.25) is 0 Å². The Kier molecular flexibility index (Phi) is 2.08. The maximum absolute atomic E-state index is 12.9. The monoisotopic (exact) mass is 234 g/mol. The minimum Gasteiger partial charge on any atom is -0.281 e. The van der Waals surface area contributed by atoms with Gasteiger partial charge >= 0.3 is 0 Å². The van der Waals surface area contributed by atoms with Crippen LogP contribution in [0.3, 0.4) is 0 Å². The highest BCUT2D eigenvalue weighted by Crippen LogP contribution is 2.55. The highest BCUT2D eigenvalue weighted by molar-refractivity contribution is 5.60. The van der Waals surface area contributed by atoms with E-state index in [4.69, 9.17) is 0 Å². The molecule has 2 nitrogen and oxygen atoms in total. The van der Waals surface area contributed by atoms with Crippen LogP contribution in [0.25, 0.3) is 11.3 Å². The van der Waals surface area contributed by atoms with Crippen molar-refractivity contribution in [3.8, 4) is 11.3 Å². The van der Waals surface area contributed by atoms with Crippen LogP contribution < -0.4 is 0 Å². The molecule has 1 N–H and O–H groups in total. The van der Waals surface area contributed by atoms with Crippen molar-refractivity contribution in [3.63, 3.8) is 0 Å². The number of nitrogens with one attached hydrogen (secondary N) is 1. The Bertz CT molecular complexity index is 543. The lowest BCUT2D eigenvalue weighted by atomic mass is 10.1. The fourth-order valence-corrected chi connectivity index (χ4v) is 1.94. The minimum absolute atomic E-state index is 0.0669. The molecule has 0 amide bonds. The molecule has 0 spiro atoms. The van der Waals surface area contributed by atoms with Crippen LogP contribution in [0.4, 0.5) is 8.78 Å². The first-order chi connectivity index (χ1) is 8.06. The van der Waals surface area contributed by atoms with Crippen molar-refractivity contribution in [2.24, 2.45) is 0 Å². The molecule has 1 aromatic heterocycles. The first-order valence-corrected chi connectivity index (χ1v) is 5.56. The molecule has 1 saturated carbocycles. The molecule has 1 aromatic carbocycles. The van der Waals surface area contributed by atoms with Crippen molar-refractivity contribution in [1.82, 2.24) is 10.2 Å². The molecule has 0 saturated heterocycles. The van der Waals surface area contributed by atoms with E-state index in [9.17, 15) is 8.78 Å². The average molecular weight is 234 g/mol. The Morgan fingerprint density at radius 3 is 2.53 bits per heavy atom. The van der Waals surface area contributed by atoms with E-state index in [1.165, 1.54) is 5.56 Å². The quantitative estimate of drug-likeness (QED) is 0.846. The van der Waals surface area contributed by atoms with E-state index < -0.39 is 11.8 Å². The van der Waals surface area contributed by atoms with Crippen LogP contribution in [-0.2, 0) is 0 Å². The maximum Gasteiger partial charge on any atom is 0.257 e. The largest absolute Gasteiger partial charge is 0.281 e. The molecule has 1 fully saturated rings. The second-order valence-corrected chi connectivity index (χ2v) is 4.59. The van der Waals surface area contributed by atoms with E-state index in [1.54, 1.807) is 6.07 Å². The highest BCUT2D eigenvalue weighted by atomic mass is 19.3. The summed E-state index contributed by atoms with van der Waals surface area (Å²) in [4.78, 5) is 0. The van der Waals surface area contributed by atoms with Gasteiger partial charge in [0, 0.05) is 17.7 Å². The van der Waals surface area contributed by atoms with Crippen LogP contribution in [0, 0.1) is 6.92 Å². The van der Waals surface area contributed by atoms with Crippen molar-refractivity contribution in [2.45, 2.75) is 25.2 Å². The lowest BCUT2D eigenvalue weighted by Crippen LogP contribution is -1.92. The molecule has 0 aliphatic heterocycles. The summed E-state index contributed by atoms with van der Waals surface area (Å²) in [6, 6.07) is 9.57. The number of aromatic amines is 1. The zero-order valence-corrected chi connectivity index (χ0v) is 9.37. The number of rotatable bonds is 2. The number of hydrogen-bond acceptors (Lipinski definition) is 1. The van der Waals surface area contributed by atoms with E-state index in [2.05, 4.69) is 10.2 Å². The minimum atomic E-state index is -2.54. The Morgan fingerprint density at radius 1 is 1.29 bits per heavy atom. The number of nitrogens with zero attached hydrogens (tertiary/aromatic N) is 1. The number of benzene rings is 1. The van der Waals surface area contributed by atoms with Crippen molar-refractivity contribution < 1.29 is 8.78 Å². The zero-order chi connectivity index (χ0) is 12.0. The predicted octanol–water partition coefficient (Wildman–Crippen LogP) is 3.51. The fraction of sp³-hybridized carbons (Fsp3) is 0.308. The lowest BCUT2D eigenvalue weighted by molar-refractivity contribution is 0.111. The number of alkyl halides is 2. The molecule has 0 unspecified atom stereocenters. The molecule has 2 aromatic rings. The van der Waals surface area contributed by atoms with Gasteiger partial charge in [-0.3, -0.25) is 5.10 Å². The molecular weight excluding hydrogens is 222 g/mol. The Morgan fingerprint density at radius 2 is 1.94 bits per heavy atom. The Hall–Kier alpha value is -1.71. The van der Waals surface area contributed by atoms with Crippen LogP contribution in [0.2, 0.25) is 0 Å². The molecule has 3 rings (SSSR count). The van der Waals surface area contributed by atoms with Gasteiger partial charge in [0.15, 0.2) is 0 Å². The summed E-state index contributed by atoms with van der Waals surface area (Å²) in [6.45, 7) is 2.00. The van der Waals surface area contributed by atoms with Gasteiger partial charge < -0.3 is 0 Å². The third-order valence-corrected chi connectivity index (χ3v) is 3.15. The first-order valence-electron chi connectivity index (χ1n) is 5.56. The van der Waals surface area contributed by atoms with Crippen molar-refractivity contribution in [2.75, 3.05) is 0 Å². The van der Waals surface area contributed by atoms with Gasteiger partial charge in [0.05, 0.1) is 11.6 Å². The third-order valence-electron chi connectivity index (χ3n) is 3.15. The van der Waals surface area contributed by atoms with Crippen LogP contribution >= 0.6 is 0 Å². The van der Waals surface area contributed by atoms with Gasteiger partial charge in [-0.15, -0.1) is 0 Å². The molecule has 88 valence electrons. The summed E-state index contributed by atoms with van der Waals surface area (Å²) in [5.41, 5.74) is 3.37. The summed E-state index contributed by atoms with van der Waals surface area (Å²) in [6.07, 6.45) is -0.0669. The molecule has 1 aliphatic rings. The molecule has 1 heterocycles. The summed E-state index contributed by atoms with van der Waals surface area (Å²) in [5, 5.41) is 6.79. The molecular formula is C13H12F2N2. The standard InChI is InChI=1S/C13H12F2N2/c1-8-2-4-9(5-3-8)11-6-12(17-16-11)10-7-13(10,14)15/h2-6,10H,7H2,1H3,(H,16,17)/t10-/m1/s1. The van der Waals surface area contributed by atoms with Crippen molar-refractivity contribution >= 4 is 0 Å². The number of aromatic nitrogens is 2. The van der Waals surface area contributed by atoms with Crippen LogP contribution in [0.5, 0.6) is 0 Å². The fourth-order valence-electron chi connectivity index (χ4n) is 1.94. The normalized spacial score (nSPS) is 21.5. The van der Waals surface area contributed by atoms with E-state index in [0.717, 1.165) is 11.3 Å². The third kappa shape index (κ3) is 1.84. The smallest absolute Gasteiger partial charge is 0.257 e. The molecule has 1 atom stereocenters. The van der Waals surface area contributed by atoms with Gasteiger partial charge in [0.1, 0.15) is 0 Å². The number of H-pyrrole nitrogens is 1. The Labute approximate surface area is 97.7 Å². The number of aryl methyl sites for hydroxylation is 1. The summed E-state index contributed by atoms with van der Waals surface area (Å²) in [7, 11) is 0. The van der Waals surface area contributed by atoms with Gasteiger partial charge in [-0.1, -0.05) is 29.8 Å². The van der Waals surface area contributed by atoms with Crippen LogP contribution in [-0.4, -0.2) is 16.1 Å². The maximum atomic E-state index is 12.9. The zero-order valence-electron chi connectivity index (χ0n) is 9.37. The SMILES string of the molecule is Cc1ccc(-c2cc([C@H]3CC3(F)F)[nH]n2)cc1. The number of hydrogen-bond donors (Lipinski definition) is 1. The molecule has 17 heavy (non-hydrogen) atoms. The van der Waals surface area contributed by atoms with Gasteiger partial charge in [-0.25, -0.2) is 8.78 Å². The molecule has 1 aliphatic carbocycles. The number of halogens is 2. The van der Waals surface area contributed by atoms with E-state index in [0.29, 0.717) is 5.69 Å². The summed E-state index contributed by atoms with van der Waals surface area (Å²) < 4.78 is 25.8. The molecule has 0 bridgehead atoms. The second kappa shape index (κ2) is 3.39. The van der Waals surface area contributed by atoms with Crippen LogP contribution in [0.1, 0.15) is 23.6 Å². The average Bonchev–Trinajstić information content (AvgIpc) is 2.76. The van der Waals surface area contributed by atoms with Crippen molar-refractivity contribution in [3.05, 3.63) is 41.6 Å². The second-order valence-electron chi connectivity index (χ2n) is 4.59. The van der Waals surface area contributed by atoms with Gasteiger partial charge in [-0.2, -0.15) is 5.10 Å². The van der Waals surface area contributed by atoms with Gasteiger partial charge in [0.25, 0.3) is 5.92 Å². The lowest BCUT2D eigenvalue weighted by Gasteiger charge is -1.96. The van der Waals surface area contributed by atoms with Crippen molar-refractivity contribution in [1.29, 1.82) is 0 Å². The predicted molar refractivity (Wildman–Crippen MR) is 61.1 cm³/mol. The van der Waals surface area contributed by atoms with E-state index >= 15 is 0 Å². The molecule has 4 heteroatoms. The first kappa shape index (κ1) is 10.4. The highest BCUT2D eigenvalue weighted by Gasteiger charge is 2.58.